The fourth-order valence-electron chi connectivity index (χ4n) is 3.90. The van der Waals surface area contributed by atoms with E-state index < -0.39 is 10.0 Å². The van der Waals surface area contributed by atoms with Crippen molar-refractivity contribution in [2.24, 2.45) is 5.92 Å². The predicted molar refractivity (Wildman–Crippen MR) is 107 cm³/mol. The van der Waals surface area contributed by atoms with E-state index >= 15 is 0 Å². The molecule has 2 atom stereocenters. The smallest absolute Gasteiger partial charge is 0.322 e. The maximum Gasteiger partial charge on any atom is 0.327 e. The molecule has 0 bridgehead atoms. The number of hydrogen-bond acceptors (Lipinski definition) is 4. The molecule has 28 heavy (non-hydrogen) atoms. The van der Waals surface area contributed by atoms with Crippen LogP contribution >= 0.6 is 0 Å². The number of amides is 3. The van der Waals surface area contributed by atoms with Gasteiger partial charge in [0.25, 0.3) is 5.91 Å². The molecule has 2 saturated heterocycles. The summed E-state index contributed by atoms with van der Waals surface area (Å²) in [5.74, 6) is -0.203. The number of piperidine rings is 1. The number of imide groups is 1. The second-order valence-electron chi connectivity index (χ2n) is 7.56. The van der Waals surface area contributed by atoms with Crippen molar-refractivity contribution < 1.29 is 18.0 Å². The van der Waals surface area contributed by atoms with E-state index in [-0.39, 0.29) is 29.9 Å². The van der Waals surface area contributed by atoms with Crippen molar-refractivity contribution in [2.45, 2.75) is 31.8 Å². The minimum absolute atomic E-state index is 0.120. The predicted octanol–water partition coefficient (Wildman–Crippen LogP) is 2.24. The molecule has 3 rings (SSSR count). The van der Waals surface area contributed by atoms with Gasteiger partial charge in [0, 0.05) is 20.1 Å². The van der Waals surface area contributed by atoms with E-state index in [1.165, 1.54) is 21.5 Å². The van der Waals surface area contributed by atoms with Crippen molar-refractivity contribution in [1.82, 2.24) is 14.1 Å². The second kappa shape index (κ2) is 8.05. The number of nitrogens with zero attached hydrogens (tertiary/aromatic N) is 3. The van der Waals surface area contributed by atoms with E-state index in [2.05, 4.69) is 0 Å². The van der Waals surface area contributed by atoms with Crippen molar-refractivity contribution in [3.63, 3.8) is 0 Å². The standard InChI is InChI=1S/C20H27N3O4S/c1-15-19(17-7-5-4-6-8-17)23(20(25)21(15)2)18(24)10-9-16-11-13-22(14-12-16)28(3,26)27/h4-10,15-16,19H,11-14H2,1-3H3/b10-9+/t15-,19?/m0/s1. The van der Waals surface area contributed by atoms with Crippen molar-refractivity contribution >= 4 is 22.0 Å². The van der Waals surface area contributed by atoms with Crippen LogP contribution in [0.15, 0.2) is 42.5 Å². The summed E-state index contributed by atoms with van der Waals surface area (Å²) in [7, 11) is -1.46. The highest BCUT2D eigenvalue weighted by molar-refractivity contribution is 7.88. The molecular weight excluding hydrogens is 378 g/mol. The lowest BCUT2D eigenvalue weighted by molar-refractivity contribution is -0.124. The van der Waals surface area contributed by atoms with Crippen LogP contribution in [0, 0.1) is 5.92 Å². The van der Waals surface area contributed by atoms with Crippen molar-refractivity contribution in [2.75, 3.05) is 26.4 Å². The monoisotopic (exact) mass is 405 g/mol. The number of likely N-dealkylation sites (N-methyl/N-ethyl adjacent to an activating group) is 1. The van der Waals surface area contributed by atoms with Gasteiger partial charge in [-0.3, -0.25) is 9.69 Å². The molecule has 0 aliphatic carbocycles. The Balaban J connectivity index is 1.72. The molecular formula is C20H27N3O4S. The Hall–Kier alpha value is -2.19. The van der Waals surface area contributed by atoms with Gasteiger partial charge in [-0.05, 0) is 37.3 Å². The summed E-state index contributed by atoms with van der Waals surface area (Å²) in [5, 5.41) is 0. The lowest BCUT2D eigenvalue weighted by Crippen LogP contribution is -2.37. The van der Waals surface area contributed by atoms with Gasteiger partial charge in [-0.1, -0.05) is 36.4 Å². The molecule has 0 aromatic heterocycles. The lowest BCUT2D eigenvalue weighted by Gasteiger charge is -2.28. The molecule has 0 N–H and O–H groups in total. The first-order chi connectivity index (χ1) is 13.2. The summed E-state index contributed by atoms with van der Waals surface area (Å²) in [4.78, 5) is 28.5. The minimum atomic E-state index is -3.17. The van der Waals surface area contributed by atoms with E-state index in [1.54, 1.807) is 11.9 Å². The Morgan fingerprint density at radius 3 is 2.32 bits per heavy atom. The summed E-state index contributed by atoms with van der Waals surface area (Å²) >= 11 is 0. The summed E-state index contributed by atoms with van der Waals surface area (Å²) in [5.41, 5.74) is 0.927. The molecule has 0 saturated carbocycles. The molecule has 1 aromatic carbocycles. The number of carbonyl (C=O) groups excluding carboxylic acids is 2. The van der Waals surface area contributed by atoms with E-state index in [0.717, 1.165) is 5.56 Å². The Morgan fingerprint density at radius 2 is 1.75 bits per heavy atom. The number of hydrogen-bond donors (Lipinski definition) is 0. The van der Waals surface area contributed by atoms with Crippen LogP contribution in [0.3, 0.4) is 0 Å². The lowest BCUT2D eigenvalue weighted by atomic mass is 9.97. The van der Waals surface area contributed by atoms with Crippen molar-refractivity contribution in [3.8, 4) is 0 Å². The van der Waals surface area contributed by atoms with Gasteiger partial charge in [-0.15, -0.1) is 0 Å². The molecule has 0 radical (unpaired) electrons. The van der Waals surface area contributed by atoms with Crippen LogP contribution in [-0.2, 0) is 14.8 Å². The third-order valence-corrected chi connectivity index (χ3v) is 7.01. The van der Waals surface area contributed by atoms with Gasteiger partial charge in [-0.25, -0.2) is 17.5 Å². The van der Waals surface area contributed by atoms with Gasteiger partial charge in [0.1, 0.15) is 0 Å². The molecule has 7 nitrogen and oxygen atoms in total. The SMILES string of the molecule is C[C@H]1C(c2ccccc2)N(C(=O)/C=C/C2CCN(S(C)(=O)=O)CC2)C(=O)N1C. The van der Waals surface area contributed by atoms with Crippen molar-refractivity contribution in [1.29, 1.82) is 0 Å². The summed E-state index contributed by atoms with van der Waals surface area (Å²) in [6, 6.07) is 8.81. The third kappa shape index (κ3) is 4.12. The number of allylic oxidation sites excluding steroid dienone is 1. The van der Waals surface area contributed by atoms with E-state index in [0.29, 0.717) is 25.9 Å². The molecule has 152 valence electrons. The second-order valence-corrected chi connectivity index (χ2v) is 9.54. The Bertz CT molecular complexity index is 861. The molecule has 2 heterocycles. The molecule has 1 aromatic rings. The van der Waals surface area contributed by atoms with E-state index in [1.807, 2.05) is 43.3 Å². The highest BCUT2D eigenvalue weighted by Gasteiger charge is 2.44. The van der Waals surface area contributed by atoms with Gasteiger partial charge in [0.15, 0.2) is 0 Å². The molecule has 2 fully saturated rings. The topological polar surface area (TPSA) is 78.0 Å². The van der Waals surface area contributed by atoms with Crippen LogP contribution < -0.4 is 0 Å². The van der Waals surface area contributed by atoms with E-state index in [9.17, 15) is 18.0 Å². The first-order valence-electron chi connectivity index (χ1n) is 9.48. The van der Waals surface area contributed by atoms with E-state index in [4.69, 9.17) is 0 Å². The quantitative estimate of drug-likeness (QED) is 0.720. The van der Waals surface area contributed by atoms with Crippen LogP contribution in [-0.4, -0.2) is 66.9 Å². The molecule has 3 amide bonds. The first-order valence-corrected chi connectivity index (χ1v) is 11.3. The molecule has 2 aliphatic heterocycles. The van der Waals surface area contributed by atoms with Gasteiger partial charge in [0.05, 0.1) is 18.3 Å². The van der Waals surface area contributed by atoms with Gasteiger partial charge < -0.3 is 4.90 Å². The number of rotatable bonds is 4. The van der Waals surface area contributed by atoms with Gasteiger partial charge in [0.2, 0.25) is 10.0 Å². The van der Waals surface area contributed by atoms with Gasteiger partial charge in [-0.2, -0.15) is 0 Å². The fourth-order valence-corrected chi connectivity index (χ4v) is 4.77. The minimum Gasteiger partial charge on any atom is -0.322 e. The van der Waals surface area contributed by atoms with Gasteiger partial charge >= 0.3 is 6.03 Å². The zero-order valence-corrected chi connectivity index (χ0v) is 17.3. The Morgan fingerprint density at radius 1 is 1.14 bits per heavy atom. The van der Waals surface area contributed by atoms with Crippen LogP contribution in [0.5, 0.6) is 0 Å². The average Bonchev–Trinajstić information content (AvgIpc) is 2.90. The largest absolute Gasteiger partial charge is 0.327 e. The molecule has 1 unspecified atom stereocenters. The van der Waals surface area contributed by atoms with Crippen LogP contribution in [0.2, 0.25) is 0 Å². The maximum atomic E-state index is 12.9. The van der Waals surface area contributed by atoms with Crippen LogP contribution in [0.25, 0.3) is 0 Å². The zero-order valence-electron chi connectivity index (χ0n) is 16.5. The molecule has 2 aliphatic rings. The fraction of sp³-hybridized carbons (Fsp3) is 0.500. The summed E-state index contributed by atoms with van der Waals surface area (Å²) in [6.07, 6.45) is 5.85. The van der Waals surface area contributed by atoms with Crippen LogP contribution in [0.4, 0.5) is 4.79 Å². The van der Waals surface area contributed by atoms with Crippen LogP contribution in [0.1, 0.15) is 31.4 Å². The molecule has 8 heteroatoms. The summed E-state index contributed by atoms with van der Waals surface area (Å²) in [6.45, 7) is 2.85. The number of benzene rings is 1. The molecule has 0 spiro atoms. The Kier molecular flexibility index (Phi) is 5.90. The third-order valence-electron chi connectivity index (χ3n) is 5.71. The normalized spacial score (nSPS) is 25.0. The number of carbonyl (C=O) groups is 2. The average molecular weight is 406 g/mol. The number of urea groups is 1. The highest BCUT2D eigenvalue weighted by atomic mass is 32.2. The number of sulfonamides is 1. The summed E-state index contributed by atoms with van der Waals surface area (Å²) < 4.78 is 24.7. The highest BCUT2D eigenvalue weighted by Crippen LogP contribution is 2.34. The maximum absolute atomic E-state index is 12.9. The van der Waals surface area contributed by atoms with Crippen molar-refractivity contribution in [3.05, 3.63) is 48.0 Å². The zero-order chi connectivity index (χ0) is 20.5. The first kappa shape index (κ1) is 20.5. The Labute approximate surface area is 166 Å².